The average molecular weight is 629 g/mol. The van der Waals surface area contributed by atoms with E-state index in [9.17, 15) is 0 Å². The number of likely N-dealkylation sites (N-methyl/N-ethyl adjacent to an activating group) is 1. The number of hydrogen-bond acceptors (Lipinski definition) is 9. The van der Waals surface area contributed by atoms with Crippen LogP contribution >= 0.6 is 0 Å². The van der Waals surface area contributed by atoms with Gasteiger partial charge in [0.2, 0.25) is 0 Å². The van der Waals surface area contributed by atoms with E-state index < -0.39 is 0 Å². The van der Waals surface area contributed by atoms with Crippen molar-refractivity contribution in [3.63, 3.8) is 0 Å². The topological polar surface area (TPSA) is 81.5 Å². The predicted molar refractivity (Wildman–Crippen MR) is 195 cm³/mol. The van der Waals surface area contributed by atoms with E-state index in [4.69, 9.17) is 4.98 Å². The summed E-state index contributed by atoms with van der Waals surface area (Å²) in [6.45, 7) is 16.2. The van der Waals surface area contributed by atoms with Crippen LogP contribution < -0.4 is 15.1 Å². The Labute approximate surface area is 277 Å². The highest BCUT2D eigenvalue weighted by molar-refractivity contribution is 5.88. The van der Waals surface area contributed by atoms with Crippen molar-refractivity contribution in [1.29, 1.82) is 0 Å². The number of aryl methyl sites for hydroxylation is 1. The van der Waals surface area contributed by atoms with Gasteiger partial charge in [-0.2, -0.15) is 5.10 Å². The zero-order valence-corrected chi connectivity index (χ0v) is 27.7. The van der Waals surface area contributed by atoms with Crippen molar-refractivity contribution >= 4 is 40.0 Å². The van der Waals surface area contributed by atoms with Gasteiger partial charge in [-0.3, -0.25) is 4.68 Å². The minimum Gasteiger partial charge on any atom is -0.373 e. The first-order valence-electron chi connectivity index (χ1n) is 16.1. The Balaban J connectivity index is 0.000000183. The predicted octanol–water partition coefficient (Wildman–Crippen LogP) is 5.34. The van der Waals surface area contributed by atoms with Gasteiger partial charge >= 0.3 is 0 Å². The molecule has 0 amide bonds. The van der Waals surface area contributed by atoms with Crippen LogP contribution in [0.25, 0.3) is 33.7 Å². The Kier molecular flexibility index (Phi) is 9.78. The molecule has 1 aromatic carbocycles. The molecule has 7 rings (SSSR count). The van der Waals surface area contributed by atoms with E-state index in [1.165, 1.54) is 10.9 Å². The van der Waals surface area contributed by atoms with Crippen LogP contribution in [0.1, 0.15) is 11.1 Å². The summed E-state index contributed by atoms with van der Waals surface area (Å²) in [4.78, 5) is 22.9. The number of fused-ring (bicyclic) bond motifs is 1. The van der Waals surface area contributed by atoms with E-state index in [0.717, 1.165) is 97.6 Å². The van der Waals surface area contributed by atoms with Gasteiger partial charge in [0.25, 0.3) is 0 Å². The lowest BCUT2D eigenvalue weighted by molar-refractivity contribution is 0.312. The summed E-state index contributed by atoms with van der Waals surface area (Å²) < 4.78 is 1.81. The second-order valence-corrected chi connectivity index (χ2v) is 12.1. The number of anilines is 3. The molecule has 0 unspecified atom stereocenters. The molecule has 6 heterocycles. The second kappa shape index (κ2) is 14.5. The summed E-state index contributed by atoms with van der Waals surface area (Å²) in [6.07, 6.45) is 11.5. The third-order valence-electron chi connectivity index (χ3n) is 8.92. The number of nitrogens with one attached hydrogen (secondary N) is 1. The van der Waals surface area contributed by atoms with Crippen molar-refractivity contribution < 1.29 is 0 Å². The molecule has 2 saturated heterocycles. The molecule has 0 bridgehead atoms. The normalized spacial score (nSPS) is 15.3. The Morgan fingerprint density at radius 3 is 2.19 bits per heavy atom. The molecule has 4 aromatic heterocycles. The van der Waals surface area contributed by atoms with E-state index >= 15 is 0 Å². The molecule has 10 heteroatoms. The molecule has 0 spiro atoms. The maximum Gasteiger partial charge on any atom is 0.129 e. The summed E-state index contributed by atoms with van der Waals surface area (Å²) >= 11 is 0. The smallest absolute Gasteiger partial charge is 0.129 e. The molecule has 5 aromatic rings. The van der Waals surface area contributed by atoms with Crippen molar-refractivity contribution in [2.45, 2.75) is 0 Å². The Morgan fingerprint density at radius 2 is 1.51 bits per heavy atom. The van der Waals surface area contributed by atoms with Crippen LogP contribution in [0, 0.1) is 0 Å². The monoisotopic (exact) mass is 628 g/mol. The molecule has 2 fully saturated rings. The lowest BCUT2D eigenvalue weighted by Gasteiger charge is -2.37. The summed E-state index contributed by atoms with van der Waals surface area (Å²) in [5, 5.41) is 9.57. The highest BCUT2D eigenvalue weighted by Gasteiger charge is 2.21. The Hall–Kier alpha value is -5.22. The maximum atomic E-state index is 4.72. The molecular weight excluding hydrogens is 584 g/mol. The lowest BCUT2D eigenvalue weighted by atomic mass is 10.1. The Bertz CT molecular complexity index is 1810. The van der Waals surface area contributed by atoms with Crippen LogP contribution in [0.2, 0.25) is 0 Å². The minimum atomic E-state index is 0.880. The van der Waals surface area contributed by atoms with Crippen molar-refractivity contribution in [1.82, 2.24) is 34.5 Å². The Morgan fingerprint density at radius 1 is 0.745 bits per heavy atom. The SMILES string of the molecule is C=Cc1ccnc(N2CCN(C(=C)c3ccc(N4CCN(C)CC4)nc3)CC2)c1.CNc1cc2cc(-c3cnn(C)c3)ccc2cn1. The van der Waals surface area contributed by atoms with Crippen LogP contribution in [0.3, 0.4) is 0 Å². The van der Waals surface area contributed by atoms with Gasteiger partial charge in [-0.1, -0.05) is 31.4 Å². The van der Waals surface area contributed by atoms with Gasteiger partial charge in [0.15, 0.2) is 0 Å². The summed E-state index contributed by atoms with van der Waals surface area (Å²) in [5.41, 5.74) is 5.55. The molecule has 242 valence electrons. The van der Waals surface area contributed by atoms with E-state index in [1.807, 2.05) is 61.9 Å². The number of piperazine rings is 2. The zero-order chi connectivity index (χ0) is 32.8. The highest BCUT2D eigenvalue weighted by Crippen LogP contribution is 2.26. The quantitative estimate of drug-likeness (QED) is 0.257. The molecule has 0 radical (unpaired) electrons. The fourth-order valence-electron chi connectivity index (χ4n) is 5.93. The van der Waals surface area contributed by atoms with E-state index in [1.54, 1.807) is 0 Å². The van der Waals surface area contributed by atoms with Crippen LogP contribution in [0.4, 0.5) is 17.5 Å². The molecule has 2 aliphatic heterocycles. The fraction of sp³-hybridized carbons (Fsp3) is 0.297. The molecule has 0 aliphatic carbocycles. The van der Waals surface area contributed by atoms with Gasteiger partial charge in [0, 0.05) is 113 Å². The highest BCUT2D eigenvalue weighted by atomic mass is 15.3. The molecule has 0 saturated carbocycles. The van der Waals surface area contributed by atoms with Gasteiger partial charge in [0.1, 0.15) is 17.5 Å². The largest absolute Gasteiger partial charge is 0.373 e. The molecule has 47 heavy (non-hydrogen) atoms. The zero-order valence-electron chi connectivity index (χ0n) is 27.7. The standard InChI is InChI=1S/C23H30N6.C14H14N4/c1-4-20-7-8-24-23(17-20)29-15-13-27(14-16-29)19(2)21-5-6-22(25-18-21)28-11-9-26(3)10-12-28;1-15-14-6-12-5-10(3-4-11(12)7-16-14)13-8-17-18(2)9-13/h4-8,17-18H,1-2,9-16H2,3H3;3-9H,1-2H3,(H,15,16). The average Bonchev–Trinajstić information content (AvgIpc) is 3.57. The van der Waals surface area contributed by atoms with Crippen LogP contribution in [-0.2, 0) is 7.05 Å². The van der Waals surface area contributed by atoms with Crippen LogP contribution in [-0.4, -0.2) is 101 Å². The van der Waals surface area contributed by atoms with Gasteiger partial charge in [-0.25, -0.2) is 15.0 Å². The number of pyridine rings is 3. The molecule has 10 nitrogen and oxygen atoms in total. The fourth-order valence-corrected chi connectivity index (χ4v) is 5.93. The van der Waals surface area contributed by atoms with E-state index in [0.29, 0.717) is 0 Å². The van der Waals surface area contributed by atoms with Gasteiger partial charge in [-0.05, 0) is 60.0 Å². The molecule has 0 atom stereocenters. The second-order valence-electron chi connectivity index (χ2n) is 12.1. The van der Waals surface area contributed by atoms with Gasteiger partial charge in [0.05, 0.1) is 6.20 Å². The summed E-state index contributed by atoms with van der Waals surface area (Å²) in [6, 6.07) is 16.8. The first kappa shape index (κ1) is 31.7. The molecule has 2 aliphatic rings. The third kappa shape index (κ3) is 7.61. The maximum absolute atomic E-state index is 4.72. The lowest BCUT2D eigenvalue weighted by Crippen LogP contribution is -2.45. The van der Waals surface area contributed by atoms with E-state index in [-0.39, 0.29) is 0 Å². The van der Waals surface area contributed by atoms with Crippen molar-refractivity contribution in [3.05, 3.63) is 104 Å². The number of benzene rings is 1. The van der Waals surface area contributed by atoms with Crippen molar-refractivity contribution in [2.24, 2.45) is 7.05 Å². The van der Waals surface area contributed by atoms with Crippen LogP contribution in [0.5, 0.6) is 0 Å². The third-order valence-corrected chi connectivity index (χ3v) is 8.92. The number of hydrogen-bond donors (Lipinski definition) is 1. The molecular formula is C37H44N10. The minimum absolute atomic E-state index is 0.880. The van der Waals surface area contributed by atoms with Gasteiger partial charge < -0.3 is 24.9 Å². The number of rotatable bonds is 7. The summed E-state index contributed by atoms with van der Waals surface area (Å²) in [5.74, 6) is 2.96. The number of aromatic nitrogens is 5. The van der Waals surface area contributed by atoms with Gasteiger partial charge in [-0.15, -0.1) is 0 Å². The van der Waals surface area contributed by atoms with E-state index in [2.05, 4.69) is 103 Å². The van der Waals surface area contributed by atoms with Crippen LogP contribution in [0.15, 0.2) is 92.7 Å². The molecule has 1 N–H and O–H groups in total. The van der Waals surface area contributed by atoms with Crippen molar-refractivity contribution in [2.75, 3.05) is 81.6 Å². The first-order valence-corrected chi connectivity index (χ1v) is 16.1. The van der Waals surface area contributed by atoms with Crippen molar-refractivity contribution in [3.8, 4) is 11.1 Å². The number of nitrogens with zero attached hydrogens (tertiary/aromatic N) is 9. The first-order chi connectivity index (χ1) is 22.9. The summed E-state index contributed by atoms with van der Waals surface area (Å²) in [7, 11) is 5.97.